The first-order valence-corrected chi connectivity index (χ1v) is 8.92. The van der Waals surface area contributed by atoms with E-state index in [1.165, 1.54) is 12.5 Å². The van der Waals surface area contributed by atoms with Gasteiger partial charge in [0.2, 0.25) is 0 Å². The molecule has 11 nitrogen and oxygen atoms in total. The van der Waals surface area contributed by atoms with Gasteiger partial charge in [0.05, 0.1) is 6.20 Å². The number of hydrogen-bond acceptors (Lipinski definition) is 7. The summed E-state index contributed by atoms with van der Waals surface area (Å²) < 4.78 is 5.41. The Labute approximate surface area is 162 Å². The number of nitrogens with one attached hydrogen (secondary N) is 3. The van der Waals surface area contributed by atoms with Crippen LogP contribution in [0, 0.1) is 0 Å². The molecule has 0 aliphatic carbocycles. The third-order valence-corrected chi connectivity index (χ3v) is 3.90. The van der Waals surface area contributed by atoms with Crippen LogP contribution in [0.2, 0.25) is 0 Å². The number of urea groups is 1. The van der Waals surface area contributed by atoms with E-state index >= 15 is 0 Å². The first kappa shape index (κ1) is 19.4. The second-order valence-corrected chi connectivity index (χ2v) is 7.27. The van der Waals surface area contributed by atoms with E-state index in [9.17, 15) is 9.59 Å². The van der Waals surface area contributed by atoms with E-state index in [0.29, 0.717) is 43.6 Å². The van der Waals surface area contributed by atoms with Crippen LogP contribution in [0.15, 0.2) is 24.7 Å². The number of hydrogen-bond donors (Lipinski definition) is 3. The zero-order valence-corrected chi connectivity index (χ0v) is 16.1. The quantitative estimate of drug-likeness (QED) is 0.732. The summed E-state index contributed by atoms with van der Waals surface area (Å²) in [5.74, 6) is 1.53. The number of amides is 3. The average molecular weight is 388 g/mol. The molecule has 0 bridgehead atoms. The fourth-order valence-electron chi connectivity index (χ4n) is 2.63. The predicted octanol–water partition coefficient (Wildman–Crippen LogP) is 1.90. The van der Waals surface area contributed by atoms with Crippen molar-refractivity contribution in [3.05, 3.63) is 24.7 Å². The molecule has 1 aliphatic heterocycles. The molecule has 3 rings (SSSR count). The zero-order chi connectivity index (χ0) is 20.1. The molecule has 3 N–H and O–H groups in total. The smallest absolute Gasteiger partial charge is 0.410 e. The molecule has 1 aliphatic rings. The molecule has 3 amide bonds. The molecular weight excluding hydrogens is 364 g/mol. The monoisotopic (exact) mass is 388 g/mol. The lowest BCUT2D eigenvalue weighted by atomic mass is 10.2. The maximum atomic E-state index is 12.2. The molecule has 0 spiro atoms. The van der Waals surface area contributed by atoms with Crippen LogP contribution in [0.4, 0.5) is 27.0 Å². The zero-order valence-electron chi connectivity index (χ0n) is 16.1. The van der Waals surface area contributed by atoms with Crippen molar-refractivity contribution in [3.8, 4) is 0 Å². The summed E-state index contributed by atoms with van der Waals surface area (Å²) >= 11 is 0. The van der Waals surface area contributed by atoms with Gasteiger partial charge in [-0.1, -0.05) is 0 Å². The van der Waals surface area contributed by atoms with E-state index in [0.717, 1.165) is 0 Å². The van der Waals surface area contributed by atoms with Crippen LogP contribution in [0.3, 0.4) is 0 Å². The SMILES string of the molecule is CC(C)(C)OC(=O)N1CCN(c2cc(NC(=O)Nc3ccn[nH]3)ncn2)CC1. The van der Waals surface area contributed by atoms with Crippen molar-refractivity contribution in [2.45, 2.75) is 26.4 Å². The largest absolute Gasteiger partial charge is 0.444 e. The summed E-state index contributed by atoms with van der Waals surface area (Å²) in [7, 11) is 0. The van der Waals surface area contributed by atoms with Crippen molar-refractivity contribution < 1.29 is 14.3 Å². The summed E-state index contributed by atoms with van der Waals surface area (Å²) in [4.78, 5) is 36.2. The Morgan fingerprint density at radius 1 is 1.14 bits per heavy atom. The molecule has 0 radical (unpaired) electrons. The second-order valence-electron chi connectivity index (χ2n) is 7.27. The number of H-pyrrole nitrogens is 1. The normalized spacial score (nSPS) is 14.5. The number of anilines is 3. The number of ether oxygens (including phenoxy) is 1. The summed E-state index contributed by atoms with van der Waals surface area (Å²) in [6.07, 6.45) is 2.61. The molecule has 2 aromatic rings. The third-order valence-electron chi connectivity index (χ3n) is 3.90. The molecule has 0 aromatic carbocycles. The first-order valence-electron chi connectivity index (χ1n) is 8.92. The van der Waals surface area contributed by atoms with E-state index in [2.05, 4.69) is 30.8 Å². The highest BCUT2D eigenvalue weighted by Gasteiger charge is 2.26. The van der Waals surface area contributed by atoms with Crippen molar-refractivity contribution in [3.63, 3.8) is 0 Å². The highest BCUT2D eigenvalue weighted by Crippen LogP contribution is 2.18. The third kappa shape index (κ3) is 5.32. The van der Waals surface area contributed by atoms with Crippen molar-refractivity contribution in [2.75, 3.05) is 41.7 Å². The van der Waals surface area contributed by atoms with Crippen LogP contribution in [0.25, 0.3) is 0 Å². The fraction of sp³-hybridized carbons (Fsp3) is 0.471. The number of aromatic nitrogens is 4. The maximum Gasteiger partial charge on any atom is 0.410 e. The molecule has 28 heavy (non-hydrogen) atoms. The van der Waals surface area contributed by atoms with Gasteiger partial charge in [-0.25, -0.2) is 19.6 Å². The van der Waals surface area contributed by atoms with Gasteiger partial charge in [0.25, 0.3) is 0 Å². The molecule has 2 aromatic heterocycles. The number of rotatable bonds is 3. The lowest BCUT2D eigenvalue weighted by Crippen LogP contribution is -2.50. The van der Waals surface area contributed by atoms with Gasteiger partial charge in [0.15, 0.2) is 0 Å². The highest BCUT2D eigenvalue weighted by atomic mass is 16.6. The van der Waals surface area contributed by atoms with Gasteiger partial charge in [-0.05, 0) is 20.8 Å². The van der Waals surface area contributed by atoms with Gasteiger partial charge >= 0.3 is 12.1 Å². The molecule has 11 heteroatoms. The number of piperazine rings is 1. The minimum Gasteiger partial charge on any atom is -0.444 e. The predicted molar refractivity (Wildman–Crippen MR) is 103 cm³/mol. The summed E-state index contributed by atoms with van der Waals surface area (Å²) in [5, 5.41) is 11.7. The van der Waals surface area contributed by atoms with Crippen LogP contribution in [-0.4, -0.2) is 69.0 Å². The number of carbonyl (C=O) groups is 2. The number of aromatic amines is 1. The van der Waals surface area contributed by atoms with Crippen LogP contribution in [0.5, 0.6) is 0 Å². The lowest BCUT2D eigenvalue weighted by Gasteiger charge is -2.36. The molecule has 0 atom stereocenters. The molecule has 1 fully saturated rings. The van der Waals surface area contributed by atoms with Gasteiger partial charge in [0.1, 0.15) is 29.4 Å². The van der Waals surface area contributed by atoms with E-state index in [-0.39, 0.29) is 6.09 Å². The summed E-state index contributed by atoms with van der Waals surface area (Å²) in [6, 6.07) is 2.88. The van der Waals surface area contributed by atoms with Crippen molar-refractivity contribution in [1.29, 1.82) is 0 Å². The minimum absolute atomic E-state index is 0.312. The highest BCUT2D eigenvalue weighted by molar-refractivity contribution is 5.98. The minimum atomic E-state index is -0.516. The van der Waals surface area contributed by atoms with Crippen molar-refractivity contribution in [2.24, 2.45) is 0 Å². The fourth-order valence-corrected chi connectivity index (χ4v) is 2.63. The van der Waals surface area contributed by atoms with Gasteiger partial charge in [-0.15, -0.1) is 0 Å². The topological polar surface area (TPSA) is 128 Å². The van der Waals surface area contributed by atoms with Gasteiger partial charge in [-0.2, -0.15) is 5.10 Å². The summed E-state index contributed by atoms with van der Waals surface area (Å²) in [6.45, 7) is 7.81. The van der Waals surface area contributed by atoms with Crippen molar-refractivity contribution >= 4 is 29.6 Å². The lowest BCUT2D eigenvalue weighted by molar-refractivity contribution is 0.0240. The van der Waals surface area contributed by atoms with Crippen LogP contribution < -0.4 is 15.5 Å². The van der Waals surface area contributed by atoms with Crippen molar-refractivity contribution in [1.82, 2.24) is 25.1 Å². The Balaban J connectivity index is 1.54. The maximum absolute atomic E-state index is 12.2. The van der Waals surface area contributed by atoms with Gasteiger partial charge in [-0.3, -0.25) is 15.7 Å². The Morgan fingerprint density at radius 2 is 1.89 bits per heavy atom. The number of nitrogens with zero attached hydrogens (tertiary/aromatic N) is 5. The number of carbonyl (C=O) groups excluding carboxylic acids is 2. The molecular formula is C17H24N8O3. The van der Waals surface area contributed by atoms with E-state index in [1.807, 2.05) is 25.7 Å². The molecule has 1 saturated heterocycles. The van der Waals surface area contributed by atoms with Gasteiger partial charge < -0.3 is 14.5 Å². The Hall–Kier alpha value is -3.37. The first-order chi connectivity index (χ1) is 13.3. The molecule has 3 heterocycles. The Kier molecular flexibility index (Phi) is 5.62. The van der Waals surface area contributed by atoms with E-state index < -0.39 is 11.6 Å². The standard InChI is InChI=1S/C17H24N8O3/c1-17(2,3)28-16(27)25-8-6-24(7-9-25)14-10-13(18-11-19-14)22-15(26)21-12-4-5-20-23-12/h4-5,10-11H,6-9H2,1-3H3,(H3,18,19,20,21,22,23,26). The summed E-state index contributed by atoms with van der Waals surface area (Å²) in [5.41, 5.74) is -0.516. The average Bonchev–Trinajstić information content (AvgIpc) is 3.13. The van der Waals surface area contributed by atoms with Crippen LogP contribution in [0.1, 0.15) is 20.8 Å². The Bertz CT molecular complexity index is 810. The van der Waals surface area contributed by atoms with Gasteiger partial charge in [0, 0.05) is 38.3 Å². The van der Waals surface area contributed by atoms with Crippen LogP contribution in [-0.2, 0) is 4.74 Å². The second kappa shape index (κ2) is 8.11. The van der Waals surface area contributed by atoms with E-state index in [1.54, 1.807) is 17.0 Å². The molecule has 0 unspecified atom stereocenters. The van der Waals surface area contributed by atoms with Crippen LogP contribution >= 0.6 is 0 Å². The molecule has 150 valence electrons. The molecule has 0 saturated carbocycles. The Morgan fingerprint density at radius 3 is 2.54 bits per heavy atom. The van der Waals surface area contributed by atoms with E-state index in [4.69, 9.17) is 4.74 Å².